The Balaban J connectivity index is 0.000000191. The van der Waals surface area contributed by atoms with Gasteiger partial charge in [-0.05, 0) is 78.6 Å². The summed E-state index contributed by atoms with van der Waals surface area (Å²) in [6.45, 7) is 23.4. The maximum Gasteiger partial charge on any atom is 0.351 e. The third-order valence-electron chi connectivity index (χ3n) is 13.7. The highest BCUT2D eigenvalue weighted by atomic mass is 31.2. The average Bonchev–Trinajstić information content (AvgIpc) is 4.24. The number of ether oxygens (including phenoxy) is 2. The van der Waals surface area contributed by atoms with Crippen LogP contribution in [0, 0.1) is 20.4 Å². The number of fused-ring (bicyclic) bond motifs is 10. The third kappa shape index (κ3) is 8.96. The number of amides is 2. The zero-order chi connectivity index (χ0) is 51.9. The van der Waals surface area contributed by atoms with E-state index in [1.54, 1.807) is 96.5 Å². The molecule has 2 amide bonds. The van der Waals surface area contributed by atoms with Crippen molar-refractivity contribution >= 4 is 32.0 Å². The first-order chi connectivity index (χ1) is 35.1. The molecule has 10 rings (SSSR count). The number of hydrogen-bond acceptors (Lipinski definition) is 16. The molecule has 4 aromatic heterocycles. The predicted octanol–water partition coefficient (Wildman–Crippen LogP) is 5.60. The second kappa shape index (κ2) is 20.5. The van der Waals surface area contributed by atoms with Crippen LogP contribution in [0.4, 0.5) is 11.6 Å². The van der Waals surface area contributed by atoms with E-state index in [-0.39, 0.29) is 48.7 Å². The summed E-state index contributed by atoms with van der Waals surface area (Å²) in [6.07, 6.45) is 4.50. The van der Waals surface area contributed by atoms with Crippen molar-refractivity contribution in [3.63, 3.8) is 0 Å². The summed E-state index contributed by atoms with van der Waals surface area (Å²) in [5, 5.41) is 32.8. The van der Waals surface area contributed by atoms with Gasteiger partial charge in [-0.25, -0.2) is 30.2 Å². The standard InChI is InChI=1S/C29H37N8O5P.C20H20N6O4/c1-8-29-22-16-31-34-36(22)23(24(29)42-43(40-15-14-30-7)37(18(2)3)19(4)5)27(41-29)35-17-20(6)25(33-28(35)39)32-26(38)21-12-10-9-11-13-21;1-3-20-13-9-21-24-26(13)14(15(20)27)18(30-20)25-10-11(2)16(23-19(25)29)22-17(28)12-7-5-4-6-8-12/h9-13,16-19,23-24,27H,8,14-15H2,1-6H3,(H,32,33,38,39);4-10,14-15,18,27H,3H2,1-2H3,(H,22,23,28,29)/t23-,24?,27+,29-,43?;14-,15?,18+,20-/m00/s1. The fraction of sp³-hybridized carbons (Fsp3) is 0.449. The van der Waals surface area contributed by atoms with Crippen LogP contribution in [0.1, 0.15) is 122 Å². The number of benzene rings is 2. The second-order valence-corrected chi connectivity index (χ2v) is 20.1. The molecule has 0 aliphatic carbocycles. The summed E-state index contributed by atoms with van der Waals surface area (Å²) in [5.41, 5.74) is 0.469. The number of hydrogen-bond donors (Lipinski definition) is 3. The minimum absolute atomic E-state index is 0.110. The number of aromatic nitrogens is 10. The van der Waals surface area contributed by atoms with E-state index in [0.717, 1.165) is 5.69 Å². The van der Waals surface area contributed by atoms with Gasteiger partial charge in [0.25, 0.3) is 20.3 Å². The van der Waals surface area contributed by atoms with Crippen LogP contribution in [0.2, 0.25) is 0 Å². The Morgan fingerprint density at radius 1 is 0.781 bits per heavy atom. The minimum Gasteiger partial charge on any atom is -0.387 e. The molecular weight excluding hydrogens is 960 g/mol. The van der Waals surface area contributed by atoms with Crippen molar-refractivity contribution in [2.45, 2.75) is 128 Å². The highest BCUT2D eigenvalue weighted by Gasteiger charge is 2.67. The van der Waals surface area contributed by atoms with Gasteiger partial charge in [0.15, 0.2) is 12.5 Å². The molecule has 23 nitrogen and oxygen atoms in total. The number of aliphatic hydroxyl groups is 1. The Labute approximate surface area is 421 Å². The summed E-state index contributed by atoms with van der Waals surface area (Å²) in [7, 11) is -1.60. The molecule has 0 spiro atoms. The quantitative estimate of drug-likeness (QED) is 0.0606. The van der Waals surface area contributed by atoms with Crippen LogP contribution >= 0.6 is 8.53 Å². The van der Waals surface area contributed by atoms with Crippen molar-refractivity contribution in [1.82, 2.24) is 53.8 Å². The largest absolute Gasteiger partial charge is 0.387 e. The van der Waals surface area contributed by atoms with Crippen LogP contribution in [0.25, 0.3) is 4.85 Å². The van der Waals surface area contributed by atoms with Crippen molar-refractivity contribution in [3.05, 3.63) is 151 Å². The van der Waals surface area contributed by atoms with E-state index in [4.69, 9.17) is 25.1 Å². The van der Waals surface area contributed by atoms with E-state index in [1.807, 2.05) is 26.0 Å². The van der Waals surface area contributed by atoms with Crippen LogP contribution in [-0.2, 0) is 29.7 Å². The topological polar surface area (TPSA) is 254 Å². The average molecular weight is 1020 g/mol. The molecule has 2 saturated heterocycles. The molecule has 4 bridgehead atoms. The summed E-state index contributed by atoms with van der Waals surface area (Å²) < 4.78 is 34.3. The van der Waals surface area contributed by atoms with Gasteiger partial charge in [0.1, 0.15) is 53.7 Å². The summed E-state index contributed by atoms with van der Waals surface area (Å²) >= 11 is 0. The first kappa shape index (κ1) is 51.0. The van der Waals surface area contributed by atoms with Crippen molar-refractivity contribution in [1.29, 1.82) is 0 Å². The van der Waals surface area contributed by atoms with Gasteiger partial charge in [0.05, 0.1) is 23.8 Å². The normalized spacial score (nSPS) is 24.5. The molecule has 4 aliphatic heterocycles. The molecule has 73 heavy (non-hydrogen) atoms. The van der Waals surface area contributed by atoms with Crippen LogP contribution in [0.5, 0.6) is 0 Å². The zero-order valence-electron chi connectivity index (χ0n) is 41.6. The monoisotopic (exact) mass is 1020 g/mol. The lowest BCUT2D eigenvalue weighted by Crippen LogP contribution is -2.39. The van der Waals surface area contributed by atoms with Crippen LogP contribution in [0.3, 0.4) is 0 Å². The lowest BCUT2D eigenvalue weighted by molar-refractivity contribution is -0.122. The number of aryl methyl sites for hydroxylation is 2. The van der Waals surface area contributed by atoms with Crippen molar-refractivity contribution < 1.29 is 33.2 Å². The lowest BCUT2D eigenvalue weighted by atomic mass is 9.93. The molecule has 0 radical (unpaired) electrons. The molecule has 2 aromatic carbocycles. The number of nitrogens with one attached hydrogen (secondary N) is 2. The zero-order valence-corrected chi connectivity index (χ0v) is 42.5. The summed E-state index contributed by atoms with van der Waals surface area (Å²) in [6, 6.07) is 16.5. The first-order valence-corrected chi connectivity index (χ1v) is 25.2. The molecule has 382 valence electrons. The fourth-order valence-electron chi connectivity index (χ4n) is 10.2. The third-order valence-corrected chi connectivity index (χ3v) is 15.8. The molecule has 6 aromatic rings. The molecule has 3 unspecified atom stereocenters. The van der Waals surface area contributed by atoms with Crippen LogP contribution in [-0.4, -0.2) is 108 Å². The van der Waals surface area contributed by atoms with Crippen LogP contribution < -0.4 is 22.0 Å². The van der Waals surface area contributed by atoms with Gasteiger partial charge in [-0.3, -0.25) is 18.7 Å². The molecule has 9 atom stereocenters. The van der Waals surface area contributed by atoms with Gasteiger partial charge < -0.3 is 39.1 Å². The molecular formula is C49H57N14O9P. The van der Waals surface area contributed by atoms with E-state index in [9.17, 15) is 24.3 Å². The summed E-state index contributed by atoms with van der Waals surface area (Å²) in [5.74, 6) is -0.354. The second-order valence-electron chi connectivity index (χ2n) is 18.7. The Morgan fingerprint density at radius 3 is 1.73 bits per heavy atom. The van der Waals surface area contributed by atoms with Crippen molar-refractivity contribution in [3.8, 4) is 0 Å². The summed E-state index contributed by atoms with van der Waals surface area (Å²) in [4.78, 5) is 63.2. The number of carbonyl (C=O) groups is 2. The number of carbonyl (C=O) groups excluding carboxylic acids is 2. The minimum atomic E-state index is -1.60. The predicted molar refractivity (Wildman–Crippen MR) is 265 cm³/mol. The van der Waals surface area contributed by atoms with Crippen molar-refractivity contribution in [2.24, 2.45) is 0 Å². The van der Waals surface area contributed by atoms with Gasteiger partial charge in [0.2, 0.25) is 6.54 Å². The number of anilines is 2. The fourth-order valence-corrected chi connectivity index (χ4v) is 12.0. The highest BCUT2D eigenvalue weighted by molar-refractivity contribution is 7.44. The number of rotatable bonds is 16. The van der Waals surface area contributed by atoms with Crippen LogP contribution in [0.15, 0.2) is 95.0 Å². The Bertz CT molecular complexity index is 3150. The lowest BCUT2D eigenvalue weighted by Gasteiger charge is -2.38. The van der Waals surface area contributed by atoms with E-state index < -0.39 is 67.9 Å². The van der Waals surface area contributed by atoms with Gasteiger partial charge >= 0.3 is 11.4 Å². The number of aliphatic hydroxyl groups excluding tert-OH is 1. The van der Waals surface area contributed by atoms with Crippen molar-refractivity contribution in [2.75, 3.05) is 23.8 Å². The van der Waals surface area contributed by atoms with E-state index in [1.165, 1.54) is 9.13 Å². The number of nitrogens with zero attached hydrogens (tertiary/aromatic N) is 12. The molecule has 4 aliphatic rings. The SMILES string of the molecule is CC[C@@]12O[C@@H](n3cc(C)c(NC(=O)c4ccccc4)nc3=O)[C@H](C1O)n1nncc12.[C-]#[N+]CCOP(OC1[C@H]2[C@H](n3cc(C)c(NC(=O)c4ccccc4)nc3=O)O[C@@]1(CC)c1cnnn12)N(C(C)C)C(C)C. The molecule has 24 heteroatoms. The molecule has 8 heterocycles. The van der Waals surface area contributed by atoms with E-state index in [0.29, 0.717) is 40.8 Å². The van der Waals surface area contributed by atoms with Gasteiger partial charge in [0, 0.05) is 46.7 Å². The maximum absolute atomic E-state index is 13.5. The maximum atomic E-state index is 13.5. The Hall–Kier alpha value is -6.90. The Morgan fingerprint density at radius 2 is 1.25 bits per heavy atom. The van der Waals surface area contributed by atoms with E-state index >= 15 is 0 Å². The van der Waals surface area contributed by atoms with Gasteiger partial charge in [-0.15, -0.1) is 10.2 Å². The highest BCUT2D eigenvalue weighted by Crippen LogP contribution is 2.62. The molecule has 0 saturated carbocycles. The smallest absolute Gasteiger partial charge is 0.351 e. The van der Waals surface area contributed by atoms with Gasteiger partial charge in [-0.2, -0.15) is 9.97 Å². The first-order valence-electron chi connectivity index (χ1n) is 24.1. The molecule has 2 fully saturated rings. The van der Waals surface area contributed by atoms with E-state index in [2.05, 4.69) is 78.4 Å². The van der Waals surface area contributed by atoms with Gasteiger partial charge in [-0.1, -0.05) is 60.7 Å². The Kier molecular flexibility index (Phi) is 14.4. The molecule has 3 N–H and O–H groups in total.